The summed E-state index contributed by atoms with van der Waals surface area (Å²) < 4.78 is 12.9. The minimum Gasteiger partial charge on any atom is -0.493 e. The maximum absolute atomic E-state index is 13.1. The number of halogens is 1. The number of ether oxygens (including phenoxy) is 2. The fraction of sp³-hybridized carbons (Fsp3) is 0.370. The fourth-order valence-electron chi connectivity index (χ4n) is 4.43. The zero-order valence-corrected chi connectivity index (χ0v) is 23.8. The lowest BCUT2D eigenvalue weighted by atomic mass is 9.94. The number of amides is 2. The number of nitrogens with one attached hydrogen (secondary N) is 1. The van der Waals surface area contributed by atoms with Gasteiger partial charge in [-0.3, -0.25) is 14.5 Å². The van der Waals surface area contributed by atoms with Crippen LogP contribution in [0.3, 0.4) is 0 Å². The van der Waals surface area contributed by atoms with Gasteiger partial charge >= 0.3 is 0 Å². The molecule has 0 unspecified atom stereocenters. The van der Waals surface area contributed by atoms with Gasteiger partial charge in [-0.1, -0.05) is 65.2 Å². The number of carbonyl (C=O) groups excluding carboxylic acids is 2. The summed E-state index contributed by atoms with van der Waals surface area (Å²) in [5.74, 6) is 0.641. The smallest absolute Gasteiger partial charge is 0.266 e. The molecule has 0 aromatic heterocycles. The Kier molecular flexibility index (Phi) is 8.74. The van der Waals surface area contributed by atoms with Gasteiger partial charge in [-0.25, -0.2) is 0 Å². The van der Waals surface area contributed by atoms with Crippen molar-refractivity contribution in [3.05, 3.63) is 56.4 Å². The van der Waals surface area contributed by atoms with Crippen LogP contribution in [0, 0.1) is 13.8 Å². The molecule has 190 valence electrons. The number of carbonyl (C=O) groups is 2. The normalized spacial score (nSPS) is 17.6. The number of hydrogen-bond donors (Lipinski definition) is 1. The zero-order chi connectivity index (χ0) is 25.8. The van der Waals surface area contributed by atoms with Crippen molar-refractivity contribution in [2.24, 2.45) is 0 Å². The van der Waals surface area contributed by atoms with E-state index < -0.39 is 0 Å². The summed E-state index contributed by atoms with van der Waals surface area (Å²) in [6, 6.07) is 9.35. The molecule has 2 fully saturated rings. The molecule has 1 N–H and O–H groups in total. The molecule has 1 heterocycles. The second-order valence-corrected chi connectivity index (χ2v) is 11.5. The lowest BCUT2D eigenvalue weighted by Gasteiger charge is -2.29. The van der Waals surface area contributed by atoms with E-state index in [1.165, 1.54) is 18.2 Å². The highest BCUT2D eigenvalue weighted by Gasteiger charge is 2.37. The molecule has 1 saturated heterocycles. The molecule has 4 rings (SSSR count). The van der Waals surface area contributed by atoms with Crippen LogP contribution in [-0.2, 0) is 9.59 Å². The van der Waals surface area contributed by atoms with Gasteiger partial charge in [0.25, 0.3) is 11.8 Å². The molecule has 0 spiro atoms. The van der Waals surface area contributed by atoms with Crippen LogP contribution in [0.15, 0.2) is 39.7 Å². The van der Waals surface area contributed by atoms with Crippen molar-refractivity contribution < 1.29 is 19.1 Å². The van der Waals surface area contributed by atoms with Crippen LogP contribution >= 0.6 is 39.9 Å². The first-order valence-electron chi connectivity index (χ1n) is 11.9. The predicted octanol–water partition coefficient (Wildman–Crippen LogP) is 6.63. The maximum Gasteiger partial charge on any atom is 0.266 e. The molecular weight excluding hydrogens is 560 g/mol. The third-order valence-electron chi connectivity index (χ3n) is 6.60. The van der Waals surface area contributed by atoms with E-state index in [0.29, 0.717) is 20.7 Å². The average molecular weight is 590 g/mol. The fourth-order valence-corrected chi connectivity index (χ4v) is 6.26. The van der Waals surface area contributed by atoms with Crippen LogP contribution in [0.25, 0.3) is 6.08 Å². The minimum atomic E-state index is -0.266. The number of methoxy groups -OCH3 is 1. The first kappa shape index (κ1) is 26.7. The lowest BCUT2D eigenvalue weighted by Crippen LogP contribution is -2.39. The zero-order valence-electron chi connectivity index (χ0n) is 20.6. The van der Waals surface area contributed by atoms with Gasteiger partial charge in [-0.15, -0.1) is 0 Å². The highest BCUT2D eigenvalue weighted by Crippen LogP contribution is 2.38. The van der Waals surface area contributed by atoms with Crippen molar-refractivity contribution in [2.75, 3.05) is 19.0 Å². The van der Waals surface area contributed by atoms with Crippen molar-refractivity contribution in [3.63, 3.8) is 0 Å². The summed E-state index contributed by atoms with van der Waals surface area (Å²) in [5, 5.41) is 2.89. The molecule has 1 aliphatic carbocycles. The number of nitrogens with zero attached hydrogens (tertiary/aromatic N) is 1. The Bertz CT molecular complexity index is 1220. The van der Waals surface area contributed by atoms with Crippen molar-refractivity contribution in [1.82, 2.24) is 4.90 Å². The van der Waals surface area contributed by atoms with Gasteiger partial charge < -0.3 is 14.8 Å². The third-order valence-corrected chi connectivity index (χ3v) is 8.79. The summed E-state index contributed by atoms with van der Waals surface area (Å²) in [6.45, 7) is 3.79. The molecule has 2 aromatic rings. The molecule has 6 nitrogen and oxygen atoms in total. The van der Waals surface area contributed by atoms with E-state index in [9.17, 15) is 9.59 Å². The maximum atomic E-state index is 13.1. The van der Waals surface area contributed by atoms with Crippen LogP contribution in [0.2, 0.25) is 0 Å². The van der Waals surface area contributed by atoms with E-state index in [1.54, 1.807) is 24.1 Å². The second-order valence-electron chi connectivity index (χ2n) is 8.94. The largest absolute Gasteiger partial charge is 0.493 e. The molecule has 2 aromatic carbocycles. The number of rotatable bonds is 7. The minimum absolute atomic E-state index is 0.0219. The van der Waals surface area contributed by atoms with Crippen LogP contribution in [-0.4, -0.2) is 40.8 Å². The molecule has 9 heteroatoms. The van der Waals surface area contributed by atoms with Crippen LogP contribution in [0.4, 0.5) is 5.69 Å². The van der Waals surface area contributed by atoms with Gasteiger partial charge in [0, 0.05) is 16.2 Å². The van der Waals surface area contributed by atoms with E-state index >= 15 is 0 Å². The van der Waals surface area contributed by atoms with E-state index in [0.717, 1.165) is 52.5 Å². The number of anilines is 1. The van der Waals surface area contributed by atoms with Gasteiger partial charge in [0.05, 0.1) is 12.0 Å². The van der Waals surface area contributed by atoms with Crippen LogP contribution in [0.5, 0.6) is 11.5 Å². The van der Waals surface area contributed by atoms with Crippen molar-refractivity contribution in [2.45, 2.75) is 52.0 Å². The summed E-state index contributed by atoms with van der Waals surface area (Å²) in [7, 11) is 1.54. The second kappa shape index (κ2) is 11.8. The molecule has 36 heavy (non-hydrogen) atoms. The summed E-state index contributed by atoms with van der Waals surface area (Å²) in [6.07, 6.45) is 7.35. The third kappa shape index (κ3) is 5.95. The standard InChI is InChI=1S/C27H29BrN2O4S2/c1-16-17(2)21(11-10-20(16)28)29-25(31)15-34-22-12-9-18(13-23(22)33-3)14-24-26(32)30(27(35)36-24)19-7-5-4-6-8-19/h9-14,19H,4-8,15H2,1-3H3,(H,29,31)/b24-14-. The summed E-state index contributed by atoms with van der Waals surface area (Å²) in [4.78, 5) is 28.0. The highest BCUT2D eigenvalue weighted by molar-refractivity contribution is 9.10. The van der Waals surface area contributed by atoms with Crippen LogP contribution in [0.1, 0.15) is 48.8 Å². The number of hydrogen-bond acceptors (Lipinski definition) is 6. The van der Waals surface area contributed by atoms with E-state index in [1.807, 2.05) is 38.1 Å². The van der Waals surface area contributed by atoms with Crippen molar-refractivity contribution in [3.8, 4) is 11.5 Å². The van der Waals surface area contributed by atoms with Gasteiger partial charge in [0.1, 0.15) is 4.32 Å². The topological polar surface area (TPSA) is 67.9 Å². The Balaban J connectivity index is 1.42. The molecule has 1 aliphatic heterocycles. The van der Waals surface area contributed by atoms with E-state index in [4.69, 9.17) is 21.7 Å². The van der Waals surface area contributed by atoms with E-state index in [-0.39, 0.29) is 24.5 Å². The Morgan fingerprint density at radius 1 is 1.17 bits per heavy atom. The SMILES string of the molecule is COc1cc(/C=C2\SC(=S)N(C3CCCCC3)C2=O)ccc1OCC(=O)Nc1ccc(Br)c(C)c1C. The Hall–Kier alpha value is -2.36. The number of thiocarbonyl (C=S) groups is 1. The molecule has 1 saturated carbocycles. The summed E-state index contributed by atoms with van der Waals surface area (Å²) in [5.41, 5.74) is 3.61. The van der Waals surface area contributed by atoms with Crippen molar-refractivity contribution >= 4 is 67.8 Å². The first-order chi connectivity index (χ1) is 17.3. The molecular formula is C27H29BrN2O4S2. The van der Waals surface area contributed by atoms with E-state index in [2.05, 4.69) is 21.2 Å². The van der Waals surface area contributed by atoms with Crippen LogP contribution < -0.4 is 14.8 Å². The van der Waals surface area contributed by atoms with Gasteiger partial charge in [0.15, 0.2) is 18.1 Å². The Morgan fingerprint density at radius 3 is 2.64 bits per heavy atom. The predicted molar refractivity (Wildman–Crippen MR) is 153 cm³/mol. The Labute approximate surface area is 229 Å². The van der Waals surface area contributed by atoms with Crippen molar-refractivity contribution in [1.29, 1.82) is 0 Å². The highest BCUT2D eigenvalue weighted by atomic mass is 79.9. The van der Waals surface area contributed by atoms with Gasteiger partial charge in [0.2, 0.25) is 0 Å². The molecule has 0 radical (unpaired) electrons. The molecule has 0 atom stereocenters. The molecule has 2 amide bonds. The summed E-state index contributed by atoms with van der Waals surface area (Å²) >= 11 is 10.4. The number of thioether (sulfide) groups is 1. The van der Waals surface area contributed by atoms with Gasteiger partial charge in [-0.2, -0.15) is 0 Å². The quantitative estimate of drug-likeness (QED) is 0.289. The van der Waals surface area contributed by atoms with Gasteiger partial charge in [-0.05, 0) is 73.7 Å². The lowest BCUT2D eigenvalue weighted by molar-refractivity contribution is -0.124. The number of benzene rings is 2. The Morgan fingerprint density at radius 2 is 1.92 bits per heavy atom. The first-order valence-corrected chi connectivity index (χ1v) is 13.9. The molecule has 0 bridgehead atoms. The monoisotopic (exact) mass is 588 g/mol. The average Bonchev–Trinajstić information content (AvgIpc) is 3.16. The molecule has 2 aliphatic rings.